The van der Waals surface area contributed by atoms with Crippen molar-refractivity contribution in [3.8, 4) is 0 Å². The van der Waals surface area contributed by atoms with Crippen LogP contribution in [0.1, 0.15) is 22.6 Å². The predicted molar refractivity (Wildman–Crippen MR) is 76.0 cm³/mol. The monoisotopic (exact) mass is 277 g/mol. The van der Waals surface area contributed by atoms with Gasteiger partial charge in [0, 0.05) is 12.2 Å². The number of hydrogen-bond donors (Lipinski definition) is 3. The van der Waals surface area contributed by atoms with E-state index in [1.807, 2.05) is 13.8 Å². The molecule has 6 nitrogen and oxygen atoms in total. The summed E-state index contributed by atoms with van der Waals surface area (Å²) in [5.41, 5.74) is 4.52. The van der Waals surface area contributed by atoms with Gasteiger partial charge in [-0.2, -0.15) is 0 Å². The molecular formula is C14H19N3O3. The Hall–Kier alpha value is -2.08. The molecule has 0 amide bonds. The summed E-state index contributed by atoms with van der Waals surface area (Å²) in [5.74, 6) is -0.396. The molecule has 108 valence electrons. The average Bonchev–Trinajstić information content (AvgIpc) is 2.73. The highest BCUT2D eigenvalue weighted by molar-refractivity contribution is 5.58. The maximum atomic E-state index is 10.8. The van der Waals surface area contributed by atoms with Crippen molar-refractivity contribution >= 4 is 5.69 Å². The van der Waals surface area contributed by atoms with Crippen molar-refractivity contribution < 1.29 is 9.52 Å². The molecule has 1 unspecified atom stereocenters. The fraction of sp³-hybridized carbons (Fsp3) is 0.429. The molecular weight excluding hydrogens is 258 g/mol. The van der Waals surface area contributed by atoms with Crippen molar-refractivity contribution in [1.29, 1.82) is 0 Å². The van der Waals surface area contributed by atoms with Gasteiger partial charge >= 0.3 is 5.76 Å². The van der Waals surface area contributed by atoms with Gasteiger partial charge in [0.15, 0.2) is 0 Å². The topological polar surface area (TPSA) is 91.1 Å². The highest BCUT2D eigenvalue weighted by Crippen LogP contribution is 2.21. The van der Waals surface area contributed by atoms with Crippen LogP contribution < -0.4 is 11.1 Å². The normalized spacial score (nSPS) is 12.4. The molecule has 0 radical (unpaired) electrons. The van der Waals surface area contributed by atoms with Gasteiger partial charge < -0.3 is 14.8 Å². The van der Waals surface area contributed by atoms with Gasteiger partial charge in [-0.15, -0.1) is 5.10 Å². The second kappa shape index (κ2) is 5.92. The SMILES string of the molecule is Cc1cc(C)c(NCC(O)Cc2n[nH]c(=O)o2)c(C)c1. The molecule has 2 aromatic rings. The van der Waals surface area contributed by atoms with Crippen molar-refractivity contribution in [2.75, 3.05) is 11.9 Å². The van der Waals surface area contributed by atoms with Crippen molar-refractivity contribution in [3.05, 3.63) is 45.3 Å². The molecule has 20 heavy (non-hydrogen) atoms. The van der Waals surface area contributed by atoms with Gasteiger partial charge in [-0.1, -0.05) is 17.7 Å². The Morgan fingerprint density at radius 1 is 1.35 bits per heavy atom. The summed E-state index contributed by atoms with van der Waals surface area (Å²) in [7, 11) is 0. The van der Waals surface area contributed by atoms with Crippen molar-refractivity contribution in [2.45, 2.75) is 33.3 Å². The standard InChI is InChI=1S/C14H19N3O3/c1-8-4-9(2)13(10(3)5-8)15-7-11(18)6-12-16-17-14(19)20-12/h4-5,11,15,18H,6-7H2,1-3H3,(H,17,19). The second-order valence-corrected chi connectivity index (χ2v) is 5.02. The lowest BCUT2D eigenvalue weighted by atomic mass is 10.0. The Kier molecular flexibility index (Phi) is 4.24. The molecule has 0 saturated carbocycles. The fourth-order valence-corrected chi connectivity index (χ4v) is 2.30. The predicted octanol–water partition coefficient (Wildman–Crippen LogP) is 1.30. The van der Waals surface area contributed by atoms with E-state index in [2.05, 4.69) is 34.6 Å². The molecule has 2 rings (SSSR count). The zero-order chi connectivity index (χ0) is 14.7. The molecule has 1 heterocycles. The molecule has 0 aliphatic heterocycles. The first-order valence-corrected chi connectivity index (χ1v) is 6.50. The van der Waals surface area contributed by atoms with Crippen LogP contribution in [0.5, 0.6) is 0 Å². The number of aliphatic hydroxyl groups excluding tert-OH is 1. The van der Waals surface area contributed by atoms with Crippen molar-refractivity contribution in [1.82, 2.24) is 10.2 Å². The fourth-order valence-electron chi connectivity index (χ4n) is 2.30. The number of rotatable bonds is 5. The van der Waals surface area contributed by atoms with E-state index in [0.29, 0.717) is 6.54 Å². The van der Waals surface area contributed by atoms with Gasteiger partial charge in [0.2, 0.25) is 5.89 Å². The van der Waals surface area contributed by atoms with E-state index in [9.17, 15) is 9.90 Å². The zero-order valence-corrected chi connectivity index (χ0v) is 11.9. The number of aromatic amines is 1. The van der Waals surface area contributed by atoms with Crippen LogP contribution in [0.4, 0.5) is 5.69 Å². The van der Waals surface area contributed by atoms with E-state index in [-0.39, 0.29) is 12.3 Å². The summed E-state index contributed by atoms with van der Waals surface area (Å²) in [6.45, 7) is 6.47. The maximum Gasteiger partial charge on any atom is 0.434 e. The Labute approximate surface area is 116 Å². The summed E-state index contributed by atoms with van der Waals surface area (Å²) in [6, 6.07) is 4.18. The van der Waals surface area contributed by atoms with Crippen LogP contribution in [-0.2, 0) is 6.42 Å². The molecule has 6 heteroatoms. The first-order chi connectivity index (χ1) is 9.45. The van der Waals surface area contributed by atoms with Crippen LogP contribution in [0, 0.1) is 20.8 Å². The summed E-state index contributed by atoms with van der Waals surface area (Å²) in [4.78, 5) is 10.8. The molecule has 0 saturated heterocycles. The summed E-state index contributed by atoms with van der Waals surface area (Å²) >= 11 is 0. The number of nitrogens with one attached hydrogen (secondary N) is 2. The third-order valence-electron chi connectivity index (χ3n) is 3.08. The Morgan fingerprint density at radius 3 is 2.55 bits per heavy atom. The summed E-state index contributed by atoms with van der Waals surface area (Å²) in [6.07, 6.45) is -0.489. The quantitative estimate of drug-likeness (QED) is 0.766. The van der Waals surface area contributed by atoms with Crippen molar-refractivity contribution in [3.63, 3.8) is 0 Å². The number of anilines is 1. The minimum Gasteiger partial charge on any atom is -0.392 e. The lowest BCUT2D eigenvalue weighted by molar-refractivity contribution is 0.177. The number of benzene rings is 1. The van der Waals surface area contributed by atoms with Crippen molar-refractivity contribution in [2.24, 2.45) is 0 Å². The molecule has 1 aromatic heterocycles. The summed E-state index contributed by atoms with van der Waals surface area (Å²) in [5, 5.41) is 19.0. The third kappa shape index (κ3) is 3.48. The molecule has 0 aliphatic rings. The van der Waals surface area contributed by atoms with E-state index in [1.165, 1.54) is 5.56 Å². The molecule has 0 fully saturated rings. The summed E-state index contributed by atoms with van der Waals surface area (Å²) < 4.78 is 4.76. The number of nitrogens with zero attached hydrogens (tertiary/aromatic N) is 1. The first-order valence-electron chi connectivity index (χ1n) is 6.50. The highest BCUT2D eigenvalue weighted by Gasteiger charge is 2.11. The van der Waals surface area contributed by atoms with Gasteiger partial charge in [0.05, 0.1) is 12.5 Å². The van der Waals surface area contributed by atoms with Gasteiger partial charge in [-0.05, 0) is 31.9 Å². The number of aliphatic hydroxyl groups is 1. The number of hydrogen-bond acceptors (Lipinski definition) is 5. The third-order valence-corrected chi connectivity index (χ3v) is 3.08. The Balaban J connectivity index is 1.96. The number of aryl methyl sites for hydroxylation is 3. The van der Waals surface area contributed by atoms with Gasteiger partial charge in [0.1, 0.15) is 0 Å². The van der Waals surface area contributed by atoms with Crippen LogP contribution in [0.15, 0.2) is 21.3 Å². The van der Waals surface area contributed by atoms with Crippen LogP contribution in [-0.4, -0.2) is 28.0 Å². The number of aromatic nitrogens is 2. The molecule has 1 aromatic carbocycles. The minimum atomic E-state index is -0.679. The largest absolute Gasteiger partial charge is 0.434 e. The van der Waals surface area contributed by atoms with E-state index < -0.39 is 11.9 Å². The lowest BCUT2D eigenvalue weighted by Gasteiger charge is -2.16. The van der Waals surface area contributed by atoms with Gasteiger partial charge in [-0.3, -0.25) is 0 Å². The molecule has 3 N–H and O–H groups in total. The minimum absolute atomic E-state index is 0.190. The molecule has 0 aliphatic carbocycles. The second-order valence-electron chi connectivity index (χ2n) is 5.02. The maximum absolute atomic E-state index is 10.8. The van der Waals surface area contributed by atoms with Crippen LogP contribution in [0.2, 0.25) is 0 Å². The van der Waals surface area contributed by atoms with E-state index in [0.717, 1.165) is 16.8 Å². The van der Waals surface area contributed by atoms with Crippen LogP contribution >= 0.6 is 0 Å². The lowest BCUT2D eigenvalue weighted by Crippen LogP contribution is -2.22. The van der Waals surface area contributed by atoms with E-state index in [1.54, 1.807) is 0 Å². The molecule has 0 bridgehead atoms. The van der Waals surface area contributed by atoms with Gasteiger partial charge in [0.25, 0.3) is 0 Å². The van der Waals surface area contributed by atoms with Crippen LogP contribution in [0.25, 0.3) is 0 Å². The zero-order valence-electron chi connectivity index (χ0n) is 11.9. The Morgan fingerprint density at radius 2 is 2.00 bits per heavy atom. The van der Waals surface area contributed by atoms with Gasteiger partial charge in [-0.25, -0.2) is 9.89 Å². The first kappa shape index (κ1) is 14.3. The number of H-pyrrole nitrogens is 1. The highest BCUT2D eigenvalue weighted by atomic mass is 16.4. The average molecular weight is 277 g/mol. The molecule has 0 spiro atoms. The molecule has 1 atom stereocenters. The van der Waals surface area contributed by atoms with Crippen LogP contribution in [0.3, 0.4) is 0 Å². The van der Waals surface area contributed by atoms with E-state index >= 15 is 0 Å². The van der Waals surface area contributed by atoms with E-state index in [4.69, 9.17) is 4.42 Å². The Bertz CT molecular complexity index is 622. The smallest absolute Gasteiger partial charge is 0.392 e.